The Kier molecular flexibility index (Phi) is 7.50. The second-order valence-corrected chi connectivity index (χ2v) is 9.43. The van der Waals surface area contributed by atoms with Gasteiger partial charge in [-0.3, -0.25) is 14.4 Å². The molecule has 0 spiro atoms. The standard InChI is InChI=1S/C27H33N3O4/c1-18-8-7-9-19(16-18)28-26(32)23-17-20(12-13-24(23)30-14-5-2-6-15-30)29-25(31)21-10-3-4-11-22(21)27(33)34/h7-9,12-13,16-17,21-22H,2-6,10-11,14-15H2,1H3,(H,28,32)(H,29,31)(H,33,34)/t21-,22+/m0/s1. The molecule has 1 saturated carbocycles. The number of aryl methyl sites for hydroxylation is 1. The van der Waals surface area contributed by atoms with Crippen molar-refractivity contribution in [2.45, 2.75) is 51.9 Å². The van der Waals surface area contributed by atoms with Gasteiger partial charge in [0.2, 0.25) is 5.91 Å². The van der Waals surface area contributed by atoms with E-state index in [1.807, 2.05) is 43.3 Å². The summed E-state index contributed by atoms with van der Waals surface area (Å²) in [4.78, 5) is 40.2. The third-order valence-electron chi connectivity index (χ3n) is 6.90. The van der Waals surface area contributed by atoms with Crippen LogP contribution < -0.4 is 15.5 Å². The number of anilines is 3. The number of nitrogens with zero attached hydrogens (tertiary/aromatic N) is 1. The number of aliphatic carboxylic acids is 1. The summed E-state index contributed by atoms with van der Waals surface area (Å²) < 4.78 is 0. The van der Waals surface area contributed by atoms with Crippen molar-refractivity contribution in [2.75, 3.05) is 28.6 Å². The summed E-state index contributed by atoms with van der Waals surface area (Å²) in [5, 5.41) is 15.4. The predicted molar refractivity (Wildman–Crippen MR) is 133 cm³/mol. The third-order valence-corrected chi connectivity index (χ3v) is 6.90. The Hall–Kier alpha value is -3.35. The van der Waals surface area contributed by atoms with Crippen LogP contribution in [0.15, 0.2) is 42.5 Å². The fraction of sp³-hybridized carbons (Fsp3) is 0.444. The lowest BCUT2D eigenvalue weighted by Crippen LogP contribution is -2.36. The van der Waals surface area contributed by atoms with Gasteiger partial charge in [-0.15, -0.1) is 0 Å². The second-order valence-electron chi connectivity index (χ2n) is 9.43. The average molecular weight is 464 g/mol. The van der Waals surface area contributed by atoms with Gasteiger partial charge in [0.15, 0.2) is 0 Å². The highest BCUT2D eigenvalue weighted by Crippen LogP contribution is 2.33. The molecule has 0 radical (unpaired) electrons. The zero-order valence-corrected chi connectivity index (χ0v) is 19.7. The number of hydrogen-bond donors (Lipinski definition) is 3. The Labute approximate surface area is 200 Å². The van der Waals surface area contributed by atoms with E-state index in [2.05, 4.69) is 15.5 Å². The van der Waals surface area contributed by atoms with E-state index in [-0.39, 0.29) is 11.8 Å². The molecule has 2 aliphatic rings. The predicted octanol–water partition coefficient (Wildman–Crippen LogP) is 5.07. The molecule has 34 heavy (non-hydrogen) atoms. The van der Waals surface area contributed by atoms with Crippen molar-refractivity contribution in [3.05, 3.63) is 53.6 Å². The number of amides is 2. The number of benzene rings is 2. The molecule has 2 aromatic carbocycles. The molecule has 0 unspecified atom stereocenters. The highest BCUT2D eigenvalue weighted by atomic mass is 16.4. The molecule has 2 aromatic rings. The van der Waals surface area contributed by atoms with Crippen LogP contribution >= 0.6 is 0 Å². The van der Waals surface area contributed by atoms with E-state index in [4.69, 9.17) is 0 Å². The lowest BCUT2D eigenvalue weighted by Gasteiger charge is -2.31. The van der Waals surface area contributed by atoms with Gasteiger partial charge in [-0.2, -0.15) is 0 Å². The molecule has 2 atom stereocenters. The van der Waals surface area contributed by atoms with Crippen molar-refractivity contribution in [1.29, 1.82) is 0 Å². The quantitative estimate of drug-likeness (QED) is 0.556. The highest BCUT2D eigenvalue weighted by Gasteiger charge is 2.35. The zero-order valence-electron chi connectivity index (χ0n) is 19.7. The van der Waals surface area contributed by atoms with Gasteiger partial charge in [0.05, 0.1) is 17.4 Å². The van der Waals surface area contributed by atoms with E-state index >= 15 is 0 Å². The van der Waals surface area contributed by atoms with Crippen molar-refractivity contribution >= 4 is 34.8 Å². The fourth-order valence-electron chi connectivity index (χ4n) is 5.10. The molecule has 2 amide bonds. The van der Waals surface area contributed by atoms with Crippen LogP contribution in [-0.2, 0) is 9.59 Å². The minimum atomic E-state index is -0.918. The number of carboxylic acid groups (broad SMARTS) is 1. The number of carbonyl (C=O) groups excluding carboxylic acids is 2. The summed E-state index contributed by atoms with van der Waals surface area (Å²) in [6.45, 7) is 3.75. The number of carboxylic acids is 1. The summed E-state index contributed by atoms with van der Waals surface area (Å²) in [5.41, 5.74) is 3.63. The Morgan fingerprint density at radius 1 is 0.853 bits per heavy atom. The van der Waals surface area contributed by atoms with Gasteiger partial charge in [-0.25, -0.2) is 0 Å². The summed E-state index contributed by atoms with van der Waals surface area (Å²) in [7, 11) is 0. The van der Waals surface area contributed by atoms with Crippen LogP contribution in [0.4, 0.5) is 17.1 Å². The zero-order chi connectivity index (χ0) is 24.1. The van der Waals surface area contributed by atoms with Crippen LogP contribution in [0, 0.1) is 18.8 Å². The van der Waals surface area contributed by atoms with E-state index in [9.17, 15) is 19.5 Å². The average Bonchev–Trinajstić information content (AvgIpc) is 2.84. The van der Waals surface area contributed by atoms with Gasteiger partial charge < -0.3 is 20.6 Å². The maximum absolute atomic E-state index is 13.3. The Bertz CT molecular complexity index is 1060. The largest absolute Gasteiger partial charge is 0.481 e. The first-order chi connectivity index (χ1) is 16.4. The third kappa shape index (κ3) is 5.58. The first kappa shape index (κ1) is 23.8. The fourth-order valence-corrected chi connectivity index (χ4v) is 5.10. The molecule has 0 bridgehead atoms. The topological polar surface area (TPSA) is 98.7 Å². The van der Waals surface area contributed by atoms with Crippen molar-refractivity contribution in [2.24, 2.45) is 11.8 Å². The molecule has 4 rings (SSSR count). The molecular weight excluding hydrogens is 430 g/mol. The van der Waals surface area contributed by atoms with Crippen molar-refractivity contribution in [3.63, 3.8) is 0 Å². The number of hydrogen-bond acceptors (Lipinski definition) is 4. The Morgan fingerprint density at radius 3 is 2.26 bits per heavy atom. The lowest BCUT2D eigenvalue weighted by atomic mass is 9.78. The SMILES string of the molecule is Cc1cccc(NC(=O)c2cc(NC(=O)[C@H]3CCCC[C@H]3C(=O)O)ccc2N2CCCCC2)c1. The van der Waals surface area contributed by atoms with Crippen LogP contribution in [0.2, 0.25) is 0 Å². The van der Waals surface area contributed by atoms with E-state index in [1.54, 1.807) is 6.07 Å². The molecule has 0 aromatic heterocycles. The van der Waals surface area contributed by atoms with E-state index in [0.29, 0.717) is 24.1 Å². The minimum absolute atomic E-state index is 0.233. The monoisotopic (exact) mass is 463 g/mol. The number of rotatable bonds is 6. The molecule has 3 N–H and O–H groups in total. The normalized spacial score (nSPS) is 20.4. The van der Waals surface area contributed by atoms with Gasteiger partial charge in [0.1, 0.15) is 0 Å². The number of carbonyl (C=O) groups is 3. The molecule has 1 aliphatic heterocycles. The first-order valence-electron chi connectivity index (χ1n) is 12.2. The molecule has 1 saturated heterocycles. The Morgan fingerprint density at radius 2 is 1.56 bits per heavy atom. The Balaban J connectivity index is 1.59. The van der Waals surface area contributed by atoms with Crippen LogP contribution in [0.5, 0.6) is 0 Å². The minimum Gasteiger partial charge on any atom is -0.481 e. The van der Waals surface area contributed by atoms with Gasteiger partial charge >= 0.3 is 5.97 Å². The molecule has 1 heterocycles. The molecule has 1 aliphatic carbocycles. The van der Waals surface area contributed by atoms with Crippen LogP contribution in [0.25, 0.3) is 0 Å². The van der Waals surface area contributed by atoms with Crippen LogP contribution in [0.1, 0.15) is 60.9 Å². The van der Waals surface area contributed by atoms with Gasteiger partial charge in [-0.05, 0) is 74.9 Å². The summed E-state index contributed by atoms with van der Waals surface area (Å²) in [6.07, 6.45) is 6.10. The molecular formula is C27H33N3O4. The highest BCUT2D eigenvalue weighted by molar-refractivity contribution is 6.09. The van der Waals surface area contributed by atoms with Crippen molar-refractivity contribution < 1.29 is 19.5 Å². The van der Waals surface area contributed by atoms with Gasteiger partial charge in [0.25, 0.3) is 5.91 Å². The smallest absolute Gasteiger partial charge is 0.307 e. The van der Waals surface area contributed by atoms with Crippen molar-refractivity contribution in [1.82, 2.24) is 0 Å². The van der Waals surface area contributed by atoms with Gasteiger partial charge in [-0.1, -0.05) is 25.0 Å². The van der Waals surface area contributed by atoms with Crippen LogP contribution in [-0.4, -0.2) is 36.0 Å². The van der Waals surface area contributed by atoms with Gasteiger partial charge in [0, 0.05) is 30.2 Å². The first-order valence-corrected chi connectivity index (χ1v) is 12.2. The summed E-state index contributed by atoms with van der Waals surface area (Å²) >= 11 is 0. The number of nitrogens with one attached hydrogen (secondary N) is 2. The maximum Gasteiger partial charge on any atom is 0.307 e. The molecule has 2 fully saturated rings. The lowest BCUT2D eigenvalue weighted by molar-refractivity contribution is -0.147. The second kappa shape index (κ2) is 10.7. The van der Waals surface area contributed by atoms with E-state index < -0.39 is 17.8 Å². The molecule has 7 nitrogen and oxygen atoms in total. The van der Waals surface area contributed by atoms with E-state index in [1.165, 1.54) is 6.42 Å². The summed E-state index contributed by atoms with van der Waals surface area (Å²) in [6, 6.07) is 13.1. The van der Waals surface area contributed by atoms with E-state index in [0.717, 1.165) is 55.7 Å². The number of piperidine rings is 1. The molecule has 180 valence electrons. The molecule has 7 heteroatoms. The summed E-state index contributed by atoms with van der Waals surface area (Å²) in [5.74, 6) is -2.66. The van der Waals surface area contributed by atoms with Crippen molar-refractivity contribution in [3.8, 4) is 0 Å². The maximum atomic E-state index is 13.3. The van der Waals surface area contributed by atoms with Crippen LogP contribution in [0.3, 0.4) is 0 Å².